The molecule has 0 aliphatic rings. The molecule has 2 rings (SSSR count). The van der Waals surface area contributed by atoms with E-state index in [4.69, 9.17) is 0 Å². The first kappa shape index (κ1) is 11.3. The lowest BCUT2D eigenvalue weighted by Crippen LogP contribution is -2.18. The molecule has 0 fully saturated rings. The Morgan fingerprint density at radius 1 is 1.24 bits per heavy atom. The Morgan fingerprint density at radius 2 is 1.94 bits per heavy atom. The highest BCUT2D eigenvalue weighted by atomic mass is 16.1. The third-order valence-electron chi connectivity index (χ3n) is 2.51. The summed E-state index contributed by atoms with van der Waals surface area (Å²) < 4.78 is 0. The van der Waals surface area contributed by atoms with E-state index in [-0.39, 0.29) is 11.6 Å². The van der Waals surface area contributed by atoms with Crippen LogP contribution >= 0.6 is 0 Å². The van der Waals surface area contributed by atoms with Gasteiger partial charge in [0.15, 0.2) is 0 Å². The minimum Gasteiger partial charge on any atom is -0.348 e. The van der Waals surface area contributed by atoms with E-state index in [1.165, 1.54) is 0 Å². The maximum absolute atomic E-state index is 11.4. The van der Waals surface area contributed by atoms with Crippen molar-refractivity contribution in [1.82, 2.24) is 15.2 Å². The summed E-state index contributed by atoms with van der Waals surface area (Å²) >= 11 is 0. The largest absolute Gasteiger partial charge is 0.348 e. The molecule has 0 aliphatic carbocycles. The highest BCUT2D eigenvalue weighted by Crippen LogP contribution is 2.14. The molecule has 0 amide bonds. The highest BCUT2D eigenvalue weighted by Gasteiger charge is 2.06. The van der Waals surface area contributed by atoms with Crippen LogP contribution in [0.2, 0.25) is 0 Å². The van der Waals surface area contributed by atoms with Crippen LogP contribution in [0.1, 0.15) is 24.2 Å². The van der Waals surface area contributed by atoms with E-state index < -0.39 is 0 Å². The summed E-state index contributed by atoms with van der Waals surface area (Å²) in [5, 5.41) is 10.8. The predicted octanol–water partition coefficient (Wildman–Crippen LogP) is 1.65. The van der Waals surface area contributed by atoms with E-state index in [9.17, 15) is 4.79 Å². The molecular weight excluding hydrogens is 216 g/mol. The Kier molecular flexibility index (Phi) is 3.18. The molecular formula is C12H14N4O. The number of rotatable bonds is 3. The van der Waals surface area contributed by atoms with Gasteiger partial charge < -0.3 is 5.32 Å². The van der Waals surface area contributed by atoms with Gasteiger partial charge in [-0.15, -0.1) is 10.2 Å². The van der Waals surface area contributed by atoms with Crippen molar-refractivity contribution in [2.45, 2.75) is 19.9 Å². The lowest BCUT2D eigenvalue weighted by molar-refractivity contribution is 0.821. The second-order valence-corrected chi connectivity index (χ2v) is 3.86. The summed E-state index contributed by atoms with van der Waals surface area (Å²) in [6.07, 6.45) is 0. The second kappa shape index (κ2) is 4.78. The number of anilines is 1. The van der Waals surface area contributed by atoms with E-state index >= 15 is 0 Å². The van der Waals surface area contributed by atoms with Crippen molar-refractivity contribution in [2.75, 3.05) is 5.32 Å². The fourth-order valence-corrected chi connectivity index (χ4v) is 1.49. The van der Waals surface area contributed by atoms with Gasteiger partial charge in [-0.05, 0) is 19.4 Å². The van der Waals surface area contributed by atoms with Gasteiger partial charge in [0.2, 0.25) is 5.95 Å². The third-order valence-corrected chi connectivity index (χ3v) is 2.51. The molecule has 0 radical (unpaired) electrons. The standard InChI is InChI=1S/C12H14N4O/c1-8(10-6-4-3-5-7-10)13-12-14-11(17)9(2)15-16-12/h3-8H,1-2H3,(H2,13,14,16,17)/t8-/m1/s1. The zero-order valence-electron chi connectivity index (χ0n) is 9.77. The van der Waals surface area contributed by atoms with Crippen LogP contribution in [-0.4, -0.2) is 15.2 Å². The average Bonchev–Trinajstić information content (AvgIpc) is 2.35. The molecule has 0 aliphatic heterocycles. The average molecular weight is 230 g/mol. The molecule has 17 heavy (non-hydrogen) atoms. The predicted molar refractivity (Wildman–Crippen MR) is 65.9 cm³/mol. The van der Waals surface area contributed by atoms with Crippen LogP contribution in [0.4, 0.5) is 5.95 Å². The Bertz CT molecular complexity index is 550. The molecule has 0 bridgehead atoms. The number of aromatic nitrogens is 3. The Hall–Kier alpha value is -2.17. The quantitative estimate of drug-likeness (QED) is 0.841. The number of benzene rings is 1. The van der Waals surface area contributed by atoms with Crippen LogP contribution in [0.25, 0.3) is 0 Å². The highest BCUT2D eigenvalue weighted by molar-refractivity contribution is 5.30. The van der Waals surface area contributed by atoms with Gasteiger partial charge in [-0.2, -0.15) is 0 Å². The number of H-pyrrole nitrogens is 1. The molecule has 1 atom stereocenters. The molecule has 0 saturated carbocycles. The number of nitrogens with zero attached hydrogens (tertiary/aromatic N) is 2. The fourth-order valence-electron chi connectivity index (χ4n) is 1.49. The van der Waals surface area contributed by atoms with Crippen LogP contribution in [0, 0.1) is 6.92 Å². The Labute approximate surface area is 98.9 Å². The molecule has 0 spiro atoms. The van der Waals surface area contributed by atoms with E-state index in [0.717, 1.165) is 5.56 Å². The lowest BCUT2D eigenvalue weighted by atomic mass is 10.1. The summed E-state index contributed by atoms with van der Waals surface area (Å²) in [5.74, 6) is 0.386. The maximum atomic E-state index is 11.4. The number of nitrogens with one attached hydrogen (secondary N) is 2. The SMILES string of the molecule is Cc1nnc(N[C@H](C)c2ccccc2)[nH]c1=O. The first-order valence-corrected chi connectivity index (χ1v) is 5.42. The normalized spacial score (nSPS) is 12.1. The third kappa shape index (κ3) is 2.69. The monoisotopic (exact) mass is 230 g/mol. The van der Waals surface area contributed by atoms with Gasteiger partial charge in [0.05, 0.1) is 6.04 Å². The number of hydrogen-bond donors (Lipinski definition) is 2. The van der Waals surface area contributed by atoms with Crippen molar-refractivity contribution in [3.63, 3.8) is 0 Å². The smallest absolute Gasteiger partial charge is 0.273 e. The van der Waals surface area contributed by atoms with Crippen molar-refractivity contribution < 1.29 is 0 Å². The molecule has 2 N–H and O–H groups in total. The summed E-state index contributed by atoms with van der Waals surface area (Å²) in [6, 6.07) is 9.98. The van der Waals surface area contributed by atoms with Gasteiger partial charge in [0, 0.05) is 0 Å². The molecule has 1 heterocycles. The van der Waals surface area contributed by atoms with Crippen LogP contribution < -0.4 is 10.9 Å². The van der Waals surface area contributed by atoms with Gasteiger partial charge in [-0.25, -0.2) is 0 Å². The Balaban J connectivity index is 2.16. The zero-order chi connectivity index (χ0) is 12.3. The van der Waals surface area contributed by atoms with Gasteiger partial charge in [-0.1, -0.05) is 30.3 Å². The van der Waals surface area contributed by atoms with Crippen molar-refractivity contribution in [3.8, 4) is 0 Å². The molecule has 2 aromatic rings. The van der Waals surface area contributed by atoms with Crippen LogP contribution in [0.3, 0.4) is 0 Å². The van der Waals surface area contributed by atoms with E-state index in [1.54, 1.807) is 6.92 Å². The summed E-state index contributed by atoms with van der Waals surface area (Å²) in [7, 11) is 0. The number of aromatic amines is 1. The molecule has 0 unspecified atom stereocenters. The Morgan fingerprint density at radius 3 is 2.59 bits per heavy atom. The summed E-state index contributed by atoms with van der Waals surface area (Å²) in [4.78, 5) is 14.0. The van der Waals surface area contributed by atoms with Crippen LogP contribution in [-0.2, 0) is 0 Å². The maximum Gasteiger partial charge on any atom is 0.273 e. The fraction of sp³-hybridized carbons (Fsp3) is 0.250. The molecule has 5 heteroatoms. The van der Waals surface area contributed by atoms with Crippen molar-refractivity contribution >= 4 is 5.95 Å². The van der Waals surface area contributed by atoms with Crippen LogP contribution in [0.5, 0.6) is 0 Å². The van der Waals surface area contributed by atoms with Crippen molar-refractivity contribution in [3.05, 3.63) is 51.9 Å². The summed E-state index contributed by atoms with van der Waals surface area (Å²) in [6.45, 7) is 3.62. The van der Waals surface area contributed by atoms with Gasteiger partial charge in [-0.3, -0.25) is 9.78 Å². The van der Waals surface area contributed by atoms with Gasteiger partial charge in [0.1, 0.15) is 5.69 Å². The first-order chi connectivity index (χ1) is 8.16. The molecule has 88 valence electrons. The minimum atomic E-state index is -0.220. The van der Waals surface area contributed by atoms with E-state index in [2.05, 4.69) is 20.5 Å². The number of hydrogen-bond acceptors (Lipinski definition) is 4. The summed E-state index contributed by atoms with van der Waals surface area (Å²) in [5.41, 5.74) is 1.27. The second-order valence-electron chi connectivity index (χ2n) is 3.86. The molecule has 1 aromatic heterocycles. The van der Waals surface area contributed by atoms with Gasteiger partial charge in [0.25, 0.3) is 5.56 Å². The zero-order valence-corrected chi connectivity index (χ0v) is 9.77. The van der Waals surface area contributed by atoms with Crippen molar-refractivity contribution in [1.29, 1.82) is 0 Å². The van der Waals surface area contributed by atoms with E-state index in [0.29, 0.717) is 11.6 Å². The lowest BCUT2D eigenvalue weighted by Gasteiger charge is -2.13. The van der Waals surface area contributed by atoms with Crippen molar-refractivity contribution in [2.24, 2.45) is 0 Å². The molecule has 0 saturated heterocycles. The van der Waals surface area contributed by atoms with Gasteiger partial charge >= 0.3 is 0 Å². The van der Waals surface area contributed by atoms with Crippen LogP contribution in [0.15, 0.2) is 35.1 Å². The molecule has 1 aromatic carbocycles. The van der Waals surface area contributed by atoms with E-state index in [1.807, 2.05) is 37.3 Å². The first-order valence-electron chi connectivity index (χ1n) is 5.42. The minimum absolute atomic E-state index is 0.0591. The topological polar surface area (TPSA) is 70.7 Å². The molecule has 5 nitrogen and oxygen atoms in total. The number of aryl methyl sites for hydroxylation is 1.